The lowest BCUT2D eigenvalue weighted by Crippen LogP contribution is -2.60. The lowest BCUT2D eigenvalue weighted by Gasteiger charge is -2.46. The molecule has 5 heteroatoms. The van der Waals surface area contributed by atoms with Crippen LogP contribution in [-0.2, 0) is 9.53 Å². The minimum absolute atomic E-state index is 0.234. The third-order valence-corrected chi connectivity index (χ3v) is 4.55. The predicted molar refractivity (Wildman–Crippen MR) is 80.0 cm³/mol. The average molecular weight is 292 g/mol. The Labute approximate surface area is 124 Å². The fraction of sp³-hybridized carbons (Fsp3) is 0.562. The van der Waals surface area contributed by atoms with E-state index in [1.807, 2.05) is 36.2 Å². The van der Waals surface area contributed by atoms with E-state index in [0.717, 1.165) is 11.4 Å². The van der Waals surface area contributed by atoms with Crippen molar-refractivity contribution in [1.29, 1.82) is 0 Å². The molecule has 0 spiro atoms. The molecule has 2 heterocycles. The van der Waals surface area contributed by atoms with E-state index in [9.17, 15) is 4.79 Å². The van der Waals surface area contributed by atoms with Gasteiger partial charge in [-0.1, -0.05) is 12.1 Å². The predicted octanol–water partition coefficient (Wildman–Crippen LogP) is 2.93. The summed E-state index contributed by atoms with van der Waals surface area (Å²) in [5.74, 6) is -2.01. The lowest BCUT2D eigenvalue weighted by atomic mass is 9.89. The van der Waals surface area contributed by atoms with Gasteiger partial charge in [0.2, 0.25) is 0 Å². The van der Waals surface area contributed by atoms with Crippen molar-refractivity contribution in [3.63, 3.8) is 0 Å². The van der Waals surface area contributed by atoms with Crippen molar-refractivity contribution in [2.75, 3.05) is 23.5 Å². The molecule has 1 aromatic rings. The Hall–Kier alpha value is -1.78. The summed E-state index contributed by atoms with van der Waals surface area (Å²) in [6, 6.07) is 7.71. The Balaban J connectivity index is 2.03. The van der Waals surface area contributed by atoms with Crippen molar-refractivity contribution in [3.05, 3.63) is 24.3 Å². The first-order chi connectivity index (χ1) is 9.97. The molecular formula is C16H21FN2O2. The molecule has 0 amide bonds. The summed E-state index contributed by atoms with van der Waals surface area (Å²) >= 11 is 0. The number of carbonyl (C=O) groups excluding carboxylic acids is 1. The van der Waals surface area contributed by atoms with Gasteiger partial charge in [0.05, 0.1) is 23.9 Å². The molecule has 3 unspecified atom stereocenters. The second-order valence-corrected chi connectivity index (χ2v) is 5.92. The van der Waals surface area contributed by atoms with Crippen molar-refractivity contribution in [3.8, 4) is 0 Å². The number of hydrogen-bond donors (Lipinski definition) is 0. The Kier molecular flexibility index (Phi) is 3.30. The number of hydrogen-bond acceptors (Lipinski definition) is 4. The maximum absolute atomic E-state index is 15.0. The number of halogens is 1. The molecule has 2 aliphatic rings. The second-order valence-electron chi connectivity index (χ2n) is 5.92. The molecule has 0 aromatic heterocycles. The van der Waals surface area contributed by atoms with Gasteiger partial charge in [-0.05, 0) is 32.4 Å². The number of benzene rings is 1. The second kappa shape index (κ2) is 4.90. The van der Waals surface area contributed by atoms with Crippen LogP contribution in [0.15, 0.2) is 24.3 Å². The van der Waals surface area contributed by atoms with Crippen LogP contribution >= 0.6 is 0 Å². The molecule has 0 bridgehead atoms. The zero-order valence-corrected chi connectivity index (χ0v) is 12.7. The minimum atomic E-state index is -1.45. The van der Waals surface area contributed by atoms with Crippen molar-refractivity contribution < 1.29 is 13.9 Å². The van der Waals surface area contributed by atoms with Crippen LogP contribution in [0.2, 0.25) is 0 Å². The zero-order valence-electron chi connectivity index (χ0n) is 12.7. The van der Waals surface area contributed by atoms with Gasteiger partial charge in [0, 0.05) is 13.5 Å². The number of rotatable bonds is 2. The van der Waals surface area contributed by atoms with E-state index >= 15 is 4.39 Å². The molecule has 1 saturated heterocycles. The summed E-state index contributed by atoms with van der Waals surface area (Å²) < 4.78 is 20.2. The van der Waals surface area contributed by atoms with Crippen LogP contribution in [0.1, 0.15) is 26.7 Å². The van der Waals surface area contributed by atoms with Crippen LogP contribution in [0.3, 0.4) is 0 Å². The molecule has 3 rings (SSSR count). The standard InChI is InChI=1S/C16H21FN2O2/c1-4-21-15(20)11-9-10-16(2,17)19-13-8-6-5-7-12(13)18(3)14(11)19/h5-8,11,14H,4,9-10H2,1-3H3. The minimum Gasteiger partial charge on any atom is -0.466 e. The molecule has 2 aliphatic heterocycles. The highest BCUT2D eigenvalue weighted by atomic mass is 19.1. The SMILES string of the molecule is CCOC(=O)C1CCC(C)(F)N2c3ccccc3N(C)C12. The van der Waals surface area contributed by atoms with E-state index in [0.29, 0.717) is 19.4 Å². The Morgan fingerprint density at radius 2 is 2.10 bits per heavy atom. The molecule has 1 fully saturated rings. The van der Waals surface area contributed by atoms with Crippen molar-refractivity contribution in [2.24, 2.45) is 5.92 Å². The average Bonchev–Trinajstić information content (AvgIpc) is 2.75. The molecule has 0 aliphatic carbocycles. The number of fused-ring (bicyclic) bond motifs is 3. The van der Waals surface area contributed by atoms with E-state index < -0.39 is 5.79 Å². The quantitative estimate of drug-likeness (QED) is 0.620. The largest absolute Gasteiger partial charge is 0.466 e. The highest BCUT2D eigenvalue weighted by molar-refractivity contribution is 5.83. The first-order valence-electron chi connectivity index (χ1n) is 7.44. The smallest absolute Gasteiger partial charge is 0.312 e. The van der Waals surface area contributed by atoms with Crippen LogP contribution in [0, 0.1) is 5.92 Å². The third kappa shape index (κ3) is 2.06. The summed E-state index contributed by atoms with van der Waals surface area (Å²) in [7, 11) is 1.91. The van der Waals surface area contributed by atoms with E-state index in [-0.39, 0.29) is 18.1 Å². The highest BCUT2D eigenvalue weighted by Crippen LogP contribution is 2.50. The number of nitrogens with zero attached hydrogens (tertiary/aromatic N) is 2. The van der Waals surface area contributed by atoms with Gasteiger partial charge in [-0.3, -0.25) is 4.79 Å². The Bertz CT molecular complexity index is 561. The van der Waals surface area contributed by atoms with E-state index in [2.05, 4.69) is 0 Å². The zero-order chi connectivity index (χ0) is 15.2. The Morgan fingerprint density at radius 3 is 2.76 bits per heavy atom. The van der Waals surface area contributed by atoms with Gasteiger partial charge >= 0.3 is 5.97 Å². The molecule has 114 valence electrons. The van der Waals surface area contributed by atoms with Gasteiger partial charge in [0.25, 0.3) is 0 Å². The van der Waals surface area contributed by atoms with Crippen LogP contribution in [0.25, 0.3) is 0 Å². The number of carbonyl (C=O) groups is 1. The third-order valence-electron chi connectivity index (χ3n) is 4.55. The Morgan fingerprint density at radius 1 is 1.43 bits per heavy atom. The maximum Gasteiger partial charge on any atom is 0.312 e. The van der Waals surface area contributed by atoms with Gasteiger partial charge in [0.1, 0.15) is 6.17 Å². The van der Waals surface area contributed by atoms with Gasteiger partial charge < -0.3 is 14.5 Å². The number of alkyl halides is 1. The van der Waals surface area contributed by atoms with Crippen molar-refractivity contribution in [1.82, 2.24) is 0 Å². The molecule has 4 nitrogen and oxygen atoms in total. The summed E-state index contributed by atoms with van der Waals surface area (Å²) in [6.07, 6.45) is 0.519. The van der Waals surface area contributed by atoms with Crippen LogP contribution in [-0.4, -0.2) is 31.6 Å². The molecule has 0 N–H and O–H groups in total. The lowest BCUT2D eigenvalue weighted by molar-refractivity contribution is -0.150. The molecule has 1 aromatic carbocycles. The number of para-hydroxylation sites is 2. The van der Waals surface area contributed by atoms with E-state index in [1.54, 1.807) is 18.7 Å². The molecule has 3 atom stereocenters. The fourth-order valence-electron chi connectivity index (χ4n) is 3.58. The molecule has 0 radical (unpaired) electrons. The normalized spacial score (nSPS) is 30.9. The van der Waals surface area contributed by atoms with Gasteiger partial charge in [-0.2, -0.15) is 0 Å². The number of ether oxygens (including phenoxy) is 1. The summed E-state index contributed by atoms with van der Waals surface area (Å²) in [4.78, 5) is 16.0. The van der Waals surface area contributed by atoms with E-state index in [4.69, 9.17) is 4.74 Å². The van der Waals surface area contributed by atoms with Crippen LogP contribution < -0.4 is 9.80 Å². The monoisotopic (exact) mass is 292 g/mol. The molecule has 21 heavy (non-hydrogen) atoms. The van der Waals surface area contributed by atoms with Crippen LogP contribution in [0.4, 0.5) is 15.8 Å². The summed E-state index contributed by atoms with van der Waals surface area (Å²) in [6.45, 7) is 3.74. The fourth-order valence-corrected chi connectivity index (χ4v) is 3.58. The van der Waals surface area contributed by atoms with Gasteiger partial charge in [0.15, 0.2) is 5.79 Å². The highest BCUT2D eigenvalue weighted by Gasteiger charge is 2.53. The summed E-state index contributed by atoms with van der Waals surface area (Å²) in [5, 5.41) is 0. The van der Waals surface area contributed by atoms with Crippen molar-refractivity contribution in [2.45, 2.75) is 38.6 Å². The van der Waals surface area contributed by atoms with Gasteiger partial charge in [-0.15, -0.1) is 0 Å². The number of anilines is 2. The van der Waals surface area contributed by atoms with E-state index in [1.165, 1.54) is 0 Å². The summed E-state index contributed by atoms with van der Waals surface area (Å²) in [5.41, 5.74) is 1.81. The van der Waals surface area contributed by atoms with Crippen molar-refractivity contribution >= 4 is 17.3 Å². The van der Waals surface area contributed by atoms with Crippen LogP contribution in [0.5, 0.6) is 0 Å². The maximum atomic E-state index is 15.0. The number of esters is 1. The first-order valence-corrected chi connectivity index (χ1v) is 7.44. The number of piperidine rings is 1. The molecular weight excluding hydrogens is 271 g/mol. The molecule has 0 saturated carbocycles. The first kappa shape index (κ1) is 14.2. The topological polar surface area (TPSA) is 32.8 Å². The van der Waals surface area contributed by atoms with Gasteiger partial charge in [-0.25, -0.2) is 4.39 Å².